The van der Waals surface area contributed by atoms with Crippen molar-refractivity contribution in [1.82, 2.24) is 0 Å². The Hall–Kier alpha value is -2.38. The molecule has 0 radical (unpaired) electrons. The topological polar surface area (TPSA) is 149 Å². The van der Waals surface area contributed by atoms with Crippen LogP contribution in [0.4, 0.5) is 0 Å². The molecule has 0 spiro atoms. The minimum atomic E-state index is -1.32. The third-order valence-corrected chi connectivity index (χ3v) is 4.17. The highest BCUT2D eigenvalue weighted by molar-refractivity contribution is 5.80. The molecule has 0 aromatic heterocycles. The van der Waals surface area contributed by atoms with Gasteiger partial charge in [-0.3, -0.25) is 19.2 Å². The van der Waals surface area contributed by atoms with E-state index in [4.69, 9.17) is 15.3 Å². The fourth-order valence-corrected chi connectivity index (χ4v) is 2.73. The maximum Gasteiger partial charge on any atom is 0.310 e. The number of carbonyl (C=O) groups is 4. The van der Waals surface area contributed by atoms with E-state index in [1.807, 2.05) is 0 Å². The van der Waals surface area contributed by atoms with Crippen molar-refractivity contribution in [2.45, 2.75) is 58.3 Å². The van der Waals surface area contributed by atoms with Crippen LogP contribution in [0.15, 0.2) is 12.2 Å². The zero-order valence-electron chi connectivity index (χ0n) is 15.0. The van der Waals surface area contributed by atoms with E-state index in [0.29, 0.717) is 12.8 Å². The van der Waals surface area contributed by atoms with Crippen molar-refractivity contribution in [3.05, 3.63) is 12.2 Å². The second kappa shape index (κ2) is 12.9. The van der Waals surface area contributed by atoms with Gasteiger partial charge in [-0.1, -0.05) is 51.2 Å². The first-order valence-electron chi connectivity index (χ1n) is 8.76. The molecule has 0 heterocycles. The fraction of sp³-hybridized carbons (Fsp3) is 0.667. The molecule has 0 aromatic rings. The van der Waals surface area contributed by atoms with Crippen molar-refractivity contribution < 1.29 is 39.6 Å². The minimum absolute atomic E-state index is 0.407. The van der Waals surface area contributed by atoms with Crippen molar-refractivity contribution in [3.63, 3.8) is 0 Å². The van der Waals surface area contributed by atoms with Crippen LogP contribution in [0, 0.1) is 17.8 Å². The van der Waals surface area contributed by atoms with Gasteiger partial charge >= 0.3 is 23.9 Å². The van der Waals surface area contributed by atoms with Crippen LogP contribution >= 0.6 is 0 Å². The second-order valence-electron chi connectivity index (χ2n) is 6.34. The highest BCUT2D eigenvalue weighted by atomic mass is 16.4. The van der Waals surface area contributed by atoms with E-state index >= 15 is 0 Å². The number of unbranched alkanes of at least 4 members (excludes halogenated alkanes) is 4. The normalized spacial score (nSPS) is 14.7. The van der Waals surface area contributed by atoms with Gasteiger partial charge in [0.25, 0.3) is 0 Å². The van der Waals surface area contributed by atoms with Crippen LogP contribution in [0.5, 0.6) is 0 Å². The quantitative estimate of drug-likeness (QED) is 0.253. The van der Waals surface area contributed by atoms with Gasteiger partial charge in [0.2, 0.25) is 0 Å². The predicted octanol–water partition coefficient (Wildman–Crippen LogP) is 2.87. The summed E-state index contributed by atoms with van der Waals surface area (Å²) >= 11 is 0. The first-order chi connectivity index (χ1) is 12.2. The Balaban J connectivity index is 5.22. The lowest BCUT2D eigenvalue weighted by Crippen LogP contribution is -2.26. The number of carboxylic acids is 4. The zero-order chi connectivity index (χ0) is 20.1. The summed E-state index contributed by atoms with van der Waals surface area (Å²) in [7, 11) is 0. The molecule has 0 aliphatic rings. The molecule has 3 atom stereocenters. The van der Waals surface area contributed by atoms with Gasteiger partial charge in [0.15, 0.2) is 0 Å². The number of hydrogen-bond donors (Lipinski definition) is 4. The molecule has 0 amide bonds. The van der Waals surface area contributed by atoms with Crippen molar-refractivity contribution >= 4 is 23.9 Å². The van der Waals surface area contributed by atoms with Crippen LogP contribution in [0.3, 0.4) is 0 Å². The molecule has 0 rings (SSSR count). The van der Waals surface area contributed by atoms with E-state index in [-0.39, 0.29) is 0 Å². The van der Waals surface area contributed by atoms with Gasteiger partial charge in [0, 0.05) is 0 Å². The number of rotatable bonds is 15. The Morgan fingerprint density at radius 1 is 0.769 bits per heavy atom. The van der Waals surface area contributed by atoms with Crippen LogP contribution in [-0.2, 0) is 19.2 Å². The van der Waals surface area contributed by atoms with Gasteiger partial charge in [-0.25, -0.2) is 0 Å². The van der Waals surface area contributed by atoms with E-state index in [9.17, 15) is 24.3 Å². The standard InChI is InChI=1S/C18H28O8/c1-2-3-4-5-6-7-12(14(18(25)26)11-16(21)22)8-9-13(17(23)24)10-15(19)20/h8-9,12-14H,2-7,10-11H2,1H3,(H,19,20)(H,21,22)(H,23,24)(H,25,26). The van der Waals surface area contributed by atoms with Crippen LogP contribution in [0.25, 0.3) is 0 Å². The lowest BCUT2D eigenvalue weighted by Gasteiger charge is -2.20. The molecule has 4 N–H and O–H groups in total. The van der Waals surface area contributed by atoms with Gasteiger partial charge in [-0.05, 0) is 12.3 Å². The summed E-state index contributed by atoms with van der Waals surface area (Å²) in [6, 6.07) is 0. The van der Waals surface area contributed by atoms with Crippen LogP contribution in [0.1, 0.15) is 58.3 Å². The molecular weight excluding hydrogens is 344 g/mol. The van der Waals surface area contributed by atoms with Crippen molar-refractivity contribution in [3.8, 4) is 0 Å². The van der Waals surface area contributed by atoms with Crippen molar-refractivity contribution in [2.75, 3.05) is 0 Å². The van der Waals surface area contributed by atoms with Gasteiger partial charge in [-0.15, -0.1) is 0 Å². The van der Waals surface area contributed by atoms with Crippen molar-refractivity contribution in [2.24, 2.45) is 17.8 Å². The number of carboxylic acid groups (broad SMARTS) is 4. The first-order valence-corrected chi connectivity index (χ1v) is 8.76. The highest BCUT2D eigenvalue weighted by Crippen LogP contribution is 2.26. The van der Waals surface area contributed by atoms with Gasteiger partial charge < -0.3 is 20.4 Å². The monoisotopic (exact) mass is 372 g/mol. The summed E-state index contributed by atoms with van der Waals surface area (Å²) in [6.45, 7) is 2.06. The summed E-state index contributed by atoms with van der Waals surface area (Å²) in [6.07, 6.45) is 6.40. The molecule has 8 heteroatoms. The smallest absolute Gasteiger partial charge is 0.310 e. The molecular formula is C18H28O8. The zero-order valence-corrected chi connectivity index (χ0v) is 15.0. The third kappa shape index (κ3) is 10.5. The average Bonchev–Trinajstić information content (AvgIpc) is 2.53. The van der Waals surface area contributed by atoms with Gasteiger partial charge in [0.1, 0.15) is 0 Å². The largest absolute Gasteiger partial charge is 0.481 e. The molecule has 26 heavy (non-hydrogen) atoms. The fourth-order valence-electron chi connectivity index (χ4n) is 2.73. The Morgan fingerprint density at radius 2 is 1.35 bits per heavy atom. The molecule has 8 nitrogen and oxygen atoms in total. The van der Waals surface area contributed by atoms with E-state index in [1.165, 1.54) is 12.2 Å². The van der Waals surface area contributed by atoms with Crippen LogP contribution in [-0.4, -0.2) is 44.3 Å². The second-order valence-corrected chi connectivity index (χ2v) is 6.34. The summed E-state index contributed by atoms with van der Waals surface area (Å²) in [5, 5.41) is 36.1. The third-order valence-electron chi connectivity index (χ3n) is 4.17. The Kier molecular flexibility index (Phi) is 11.7. The van der Waals surface area contributed by atoms with Crippen LogP contribution < -0.4 is 0 Å². The van der Waals surface area contributed by atoms with Gasteiger partial charge in [0.05, 0.1) is 24.7 Å². The number of allylic oxidation sites excluding steroid dienone is 1. The number of aliphatic carboxylic acids is 4. The van der Waals surface area contributed by atoms with E-state index in [1.54, 1.807) is 0 Å². The Labute approximate surface area is 152 Å². The average molecular weight is 372 g/mol. The van der Waals surface area contributed by atoms with E-state index in [0.717, 1.165) is 25.7 Å². The van der Waals surface area contributed by atoms with E-state index in [2.05, 4.69) is 6.92 Å². The molecule has 0 aliphatic heterocycles. The minimum Gasteiger partial charge on any atom is -0.481 e. The van der Waals surface area contributed by atoms with Crippen molar-refractivity contribution in [1.29, 1.82) is 0 Å². The lowest BCUT2D eigenvalue weighted by atomic mass is 9.84. The molecule has 0 saturated carbocycles. The maximum atomic E-state index is 11.5. The summed E-state index contributed by atoms with van der Waals surface area (Å²) in [4.78, 5) is 44.3. The molecule has 0 bridgehead atoms. The van der Waals surface area contributed by atoms with Gasteiger partial charge in [-0.2, -0.15) is 0 Å². The highest BCUT2D eigenvalue weighted by Gasteiger charge is 2.29. The predicted molar refractivity (Wildman–Crippen MR) is 92.8 cm³/mol. The first kappa shape index (κ1) is 23.6. The Morgan fingerprint density at radius 3 is 1.81 bits per heavy atom. The van der Waals surface area contributed by atoms with E-state index < -0.39 is 54.5 Å². The summed E-state index contributed by atoms with van der Waals surface area (Å²) in [5.41, 5.74) is 0. The Bertz CT molecular complexity index is 511. The molecule has 0 fully saturated rings. The molecule has 0 aromatic carbocycles. The molecule has 148 valence electrons. The summed E-state index contributed by atoms with van der Waals surface area (Å²) < 4.78 is 0. The maximum absolute atomic E-state index is 11.5. The SMILES string of the molecule is CCCCCCCC(C=CC(CC(=O)O)C(=O)O)C(CC(=O)O)C(=O)O. The molecule has 0 aliphatic carbocycles. The molecule has 3 unspecified atom stereocenters. The summed E-state index contributed by atoms with van der Waals surface area (Å²) in [5.74, 6) is -8.25. The molecule has 0 saturated heterocycles. The lowest BCUT2D eigenvalue weighted by molar-refractivity contribution is -0.149. The van der Waals surface area contributed by atoms with Crippen LogP contribution in [0.2, 0.25) is 0 Å². The number of hydrogen-bond acceptors (Lipinski definition) is 4.